The van der Waals surface area contributed by atoms with Crippen LogP contribution in [0.1, 0.15) is 13.3 Å². The SMILES string of the molecule is CCCOCCn1c(=O)c(NCC(=O)N(C)CCO)nc2ncc(-c3ccc(OC)nc3)cc21. The van der Waals surface area contributed by atoms with E-state index in [2.05, 4.69) is 20.3 Å². The Morgan fingerprint density at radius 1 is 1.21 bits per heavy atom. The van der Waals surface area contributed by atoms with Crippen LogP contribution in [-0.2, 0) is 16.1 Å². The van der Waals surface area contributed by atoms with E-state index in [-0.39, 0.29) is 37.0 Å². The summed E-state index contributed by atoms with van der Waals surface area (Å²) in [5, 5.41) is 11.8. The van der Waals surface area contributed by atoms with Gasteiger partial charge in [-0.25, -0.2) is 15.0 Å². The van der Waals surface area contributed by atoms with E-state index in [4.69, 9.17) is 14.6 Å². The van der Waals surface area contributed by atoms with Crippen molar-refractivity contribution in [1.29, 1.82) is 0 Å². The van der Waals surface area contributed by atoms with Gasteiger partial charge >= 0.3 is 0 Å². The third kappa shape index (κ3) is 6.06. The van der Waals surface area contributed by atoms with Crippen LogP contribution >= 0.6 is 0 Å². The molecular formula is C23H30N6O5. The van der Waals surface area contributed by atoms with Crippen LogP contribution < -0.4 is 15.6 Å². The highest BCUT2D eigenvalue weighted by Gasteiger charge is 2.15. The zero-order valence-corrected chi connectivity index (χ0v) is 19.7. The van der Waals surface area contributed by atoms with Crippen LogP contribution in [0.3, 0.4) is 0 Å². The number of nitrogens with one attached hydrogen (secondary N) is 1. The maximum Gasteiger partial charge on any atom is 0.293 e. The Hall–Kier alpha value is -3.57. The maximum absolute atomic E-state index is 13.2. The molecule has 0 aliphatic carbocycles. The smallest absolute Gasteiger partial charge is 0.293 e. The first-order valence-electron chi connectivity index (χ1n) is 11.1. The van der Waals surface area contributed by atoms with Crippen LogP contribution in [0, 0.1) is 0 Å². The first kappa shape index (κ1) is 25.1. The minimum absolute atomic E-state index is 0.0279. The van der Waals surface area contributed by atoms with Crippen molar-refractivity contribution >= 4 is 22.9 Å². The van der Waals surface area contributed by atoms with Crippen molar-refractivity contribution in [3.63, 3.8) is 0 Å². The number of rotatable bonds is 12. The maximum atomic E-state index is 13.2. The van der Waals surface area contributed by atoms with Crippen LogP contribution in [0.25, 0.3) is 22.3 Å². The van der Waals surface area contributed by atoms with E-state index in [0.29, 0.717) is 36.8 Å². The Kier molecular flexibility index (Phi) is 8.88. The molecule has 0 saturated heterocycles. The van der Waals surface area contributed by atoms with Gasteiger partial charge in [-0.2, -0.15) is 0 Å². The number of hydrogen-bond donors (Lipinski definition) is 2. The first-order chi connectivity index (χ1) is 16.5. The third-order valence-corrected chi connectivity index (χ3v) is 5.16. The predicted molar refractivity (Wildman–Crippen MR) is 128 cm³/mol. The summed E-state index contributed by atoms with van der Waals surface area (Å²) in [6, 6.07) is 5.45. The number of methoxy groups -OCH3 is 1. The minimum atomic E-state index is -0.378. The summed E-state index contributed by atoms with van der Waals surface area (Å²) in [5.74, 6) is 0.252. The molecule has 1 amide bonds. The van der Waals surface area contributed by atoms with Gasteiger partial charge in [-0.05, 0) is 18.6 Å². The van der Waals surface area contributed by atoms with Crippen molar-refractivity contribution in [2.45, 2.75) is 19.9 Å². The number of carbonyl (C=O) groups is 1. The summed E-state index contributed by atoms with van der Waals surface area (Å²) >= 11 is 0. The number of likely N-dealkylation sites (N-methyl/N-ethyl adjacent to an activating group) is 1. The van der Waals surface area contributed by atoms with Crippen molar-refractivity contribution < 1.29 is 19.4 Å². The highest BCUT2D eigenvalue weighted by molar-refractivity contribution is 5.82. The molecule has 0 unspecified atom stereocenters. The zero-order chi connectivity index (χ0) is 24.5. The van der Waals surface area contributed by atoms with E-state index in [9.17, 15) is 9.59 Å². The molecule has 2 N–H and O–H groups in total. The molecule has 0 atom stereocenters. The van der Waals surface area contributed by atoms with E-state index >= 15 is 0 Å². The van der Waals surface area contributed by atoms with Crippen LogP contribution in [0.4, 0.5) is 5.82 Å². The first-order valence-corrected chi connectivity index (χ1v) is 11.1. The van der Waals surface area contributed by atoms with Crippen LogP contribution in [0.2, 0.25) is 0 Å². The Balaban J connectivity index is 1.96. The molecular weight excluding hydrogens is 440 g/mol. The number of ether oxygens (including phenoxy) is 2. The number of nitrogens with zero attached hydrogens (tertiary/aromatic N) is 5. The van der Waals surface area contributed by atoms with Crippen LogP contribution in [-0.4, -0.2) is 82.5 Å². The Bertz CT molecular complexity index is 1160. The van der Waals surface area contributed by atoms with E-state index in [0.717, 1.165) is 17.5 Å². The second-order valence-corrected chi connectivity index (χ2v) is 7.58. The van der Waals surface area contributed by atoms with Crippen LogP contribution in [0.5, 0.6) is 5.88 Å². The van der Waals surface area contributed by atoms with Gasteiger partial charge in [0.2, 0.25) is 11.8 Å². The lowest BCUT2D eigenvalue weighted by Gasteiger charge is -2.17. The topological polar surface area (TPSA) is 132 Å². The highest BCUT2D eigenvalue weighted by Crippen LogP contribution is 2.23. The lowest BCUT2D eigenvalue weighted by molar-refractivity contribution is -0.128. The fraction of sp³-hybridized carbons (Fsp3) is 0.435. The predicted octanol–water partition coefficient (Wildman–Crippen LogP) is 1.15. The summed E-state index contributed by atoms with van der Waals surface area (Å²) in [6.45, 7) is 3.18. The molecule has 0 radical (unpaired) electrons. The Morgan fingerprint density at radius 2 is 2.00 bits per heavy atom. The Morgan fingerprint density at radius 3 is 2.68 bits per heavy atom. The number of aromatic nitrogens is 4. The van der Waals surface area contributed by atoms with Gasteiger partial charge in [0, 0.05) is 56.3 Å². The quantitative estimate of drug-likeness (QED) is 0.374. The summed E-state index contributed by atoms with van der Waals surface area (Å²) in [6.07, 6.45) is 4.20. The highest BCUT2D eigenvalue weighted by atomic mass is 16.5. The lowest BCUT2D eigenvalue weighted by Crippen LogP contribution is -2.36. The summed E-state index contributed by atoms with van der Waals surface area (Å²) in [5.41, 5.74) is 2.12. The summed E-state index contributed by atoms with van der Waals surface area (Å²) in [7, 11) is 3.13. The molecule has 3 rings (SSSR count). The van der Waals surface area contributed by atoms with Gasteiger partial charge < -0.3 is 24.8 Å². The van der Waals surface area contributed by atoms with Crippen molar-refractivity contribution in [2.75, 3.05) is 52.4 Å². The molecule has 11 nitrogen and oxygen atoms in total. The van der Waals surface area contributed by atoms with Gasteiger partial charge in [0.05, 0.1) is 32.4 Å². The molecule has 0 bridgehead atoms. The molecule has 3 heterocycles. The van der Waals surface area contributed by atoms with E-state index in [1.807, 2.05) is 19.1 Å². The average Bonchev–Trinajstić information content (AvgIpc) is 2.86. The normalized spacial score (nSPS) is 10.9. The van der Waals surface area contributed by atoms with E-state index < -0.39 is 0 Å². The summed E-state index contributed by atoms with van der Waals surface area (Å²) < 4.78 is 12.3. The second kappa shape index (κ2) is 12.1. The molecule has 0 aliphatic heterocycles. The van der Waals surface area contributed by atoms with Crippen molar-refractivity contribution in [3.8, 4) is 17.0 Å². The molecule has 34 heavy (non-hydrogen) atoms. The molecule has 182 valence electrons. The van der Waals surface area contributed by atoms with Crippen molar-refractivity contribution in [3.05, 3.63) is 40.9 Å². The number of aliphatic hydroxyl groups is 1. The average molecular weight is 471 g/mol. The van der Waals surface area contributed by atoms with Gasteiger partial charge in [-0.1, -0.05) is 6.92 Å². The molecule has 0 spiro atoms. The summed E-state index contributed by atoms with van der Waals surface area (Å²) in [4.78, 5) is 39.9. The molecule has 0 fully saturated rings. The van der Waals surface area contributed by atoms with Gasteiger partial charge in [-0.3, -0.25) is 14.2 Å². The van der Waals surface area contributed by atoms with Gasteiger partial charge in [-0.15, -0.1) is 0 Å². The molecule has 0 saturated carbocycles. The van der Waals surface area contributed by atoms with Gasteiger partial charge in [0.15, 0.2) is 11.5 Å². The number of hydrogen-bond acceptors (Lipinski definition) is 9. The standard InChI is InChI=1S/C23H30N6O5/c1-4-10-34-11-8-29-18-12-17(16-5-6-19(33-3)24-13-16)14-25-21(18)27-22(23(29)32)26-15-20(31)28(2)7-9-30/h5-6,12-14,30H,4,7-11,15H2,1-3H3,(H,25,26,27). The number of carbonyl (C=O) groups excluding carboxylic acids is 1. The van der Waals surface area contributed by atoms with Crippen molar-refractivity contribution in [2.24, 2.45) is 0 Å². The van der Waals surface area contributed by atoms with Crippen molar-refractivity contribution in [1.82, 2.24) is 24.4 Å². The molecule has 11 heteroatoms. The minimum Gasteiger partial charge on any atom is -0.481 e. The number of aliphatic hydroxyl groups excluding tert-OH is 1. The van der Waals surface area contributed by atoms with Gasteiger partial charge in [0.1, 0.15) is 0 Å². The molecule has 3 aromatic rings. The fourth-order valence-corrected chi connectivity index (χ4v) is 3.26. The number of pyridine rings is 2. The monoisotopic (exact) mass is 470 g/mol. The fourth-order valence-electron chi connectivity index (χ4n) is 3.26. The van der Waals surface area contributed by atoms with Gasteiger partial charge in [0.25, 0.3) is 5.56 Å². The Labute approximate surface area is 197 Å². The number of amides is 1. The largest absolute Gasteiger partial charge is 0.481 e. The van der Waals surface area contributed by atoms with E-state index in [1.165, 1.54) is 4.90 Å². The number of anilines is 1. The molecule has 0 aliphatic rings. The molecule has 3 aromatic heterocycles. The lowest BCUT2D eigenvalue weighted by atomic mass is 10.1. The molecule has 0 aromatic carbocycles. The number of fused-ring (bicyclic) bond motifs is 1. The van der Waals surface area contributed by atoms with E-state index in [1.54, 1.807) is 37.2 Å². The van der Waals surface area contributed by atoms with Crippen LogP contribution in [0.15, 0.2) is 35.4 Å². The zero-order valence-electron chi connectivity index (χ0n) is 19.7. The second-order valence-electron chi connectivity index (χ2n) is 7.58. The third-order valence-electron chi connectivity index (χ3n) is 5.16.